The maximum Gasteiger partial charge on any atom is 0.326 e. The summed E-state index contributed by atoms with van der Waals surface area (Å²) in [6.07, 6.45) is 1.20. The molecular weight excluding hydrogens is 220 g/mol. The molecule has 17 heavy (non-hydrogen) atoms. The lowest BCUT2D eigenvalue weighted by atomic mass is 9.98. The van der Waals surface area contributed by atoms with E-state index in [-0.39, 0.29) is 17.7 Å². The maximum absolute atomic E-state index is 11.7. The van der Waals surface area contributed by atoms with Crippen molar-refractivity contribution >= 4 is 11.9 Å². The SMILES string of the molecule is CCC(C)[C@@H](N)C(=O)N[C@H](CC(C)C)C(=O)O. The molecule has 5 nitrogen and oxygen atoms in total. The third-order valence-electron chi connectivity index (χ3n) is 2.88. The van der Waals surface area contributed by atoms with Crippen LogP contribution in [-0.4, -0.2) is 29.1 Å². The fraction of sp³-hybridized carbons (Fsp3) is 0.833. The van der Waals surface area contributed by atoms with Crippen molar-refractivity contribution in [2.75, 3.05) is 0 Å². The highest BCUT2D eigenvalue weighted by atomic mass is 16.4. The van der Waals surface area contributed by atoms with E-state index in [9.17, 15) is 9.59 Å². The van der Waals surface area contributed by atoms with E-state index in [4.69, 9.17) is 10.8 Å². The van der Waals surface area contributed by atoms with E-state index in [0.29, 0.717) is 6.42 Å². The van der Waals surface area contributed by atoms with E-state index in [2.05, 4.69) is 5.32 Å². The van der Waals surface area contributed by atoms with Crippen molar-refractivity contribution in [3.63, 3.8) is 0 Å². The maximum atomic E-state index is 11.7. The summed E-state index contributed by atoms with van der Waals surface area (Å²) in [6.45, 7) is 7.65. The minimum absolute atomic E-state index is 0.0449. The van der Waals surface area contributed by atoms with E-state index < -0.39 is 18.1 Å². The first-order valence-corrected chi connectivity index (χ1v) is 6.08. The van der Waals surface area contributed by atoms with Gasteiger partial charge >= 0.3 is 5.97 Å². The number of carboxylic acids is 1. The summed E-state index contributed by atoms with van der Waals surface area (Å²) in [7, 11) is 0. The fourth-order valence-corrected chi connectivity index (χ4v) is 1.47. The number of amides is 1. The molecule has 0 aromatic heterocycles. The lowest BCUT2D eigenvalue weighted by molar-refractivity contribution is -0.142. The predicted molar refractivity (Wildman–Crippen MR) is 66.5 cm³/mol. The van der Waals surface area contributed by atoms with Gasteiger partial charge in [0.2, 0.25) is 5.91 Å². The molecule has 1 unspecified atom stereocenters. The van der Waals surface area contributed by atoms with Crippen molar-refractivity contribution in [1.29, 1.82) is 0 Å². The van der Waals surface area contributed by atoms with Crippen LogP contribution in [0.1, 0.15) is 40.5 Å². The van der Waals surface area contributed by atoms with Crippen LogP contribution < -0.4 is 11.1 Å². The molecule has 100 valence electrons. The molecule has 0 aliphatic heterocycles. The molecule has 0 fully saturated rings. The zero-order valence-electron chi connectivity index (χ0n) is 11.1. The molecule has 4 N–H and O–H groups in total. The number of aliphatic carboxylic acids is 1. The number of carboxylic acid groups (broad SMARTS) is 1. The Morgan fingerprint density at radius 2 is 1.82 bits per heavy atom. The average molecular weight is 244 g/mol. The van der Waals surface area contributed by atoms with E-state index in [0.717, 1.165) is 6.42 Å². The van der Waals surface area contributed by atoms with Crippen molar-refractivity contribution in [2.45, 2.75) is 52.6 Å². The van der Waals surface area contributed by atoms with E-state index in [1.807, 2.05) is 27.7 Å². The van der Waals surface area contributed by atoms with Crippen molar-refractivity contribution < 1.29 is 14.7 Å². The molecule has 0 aliphatic carbocycles. The molecule has 0 saturated heterocycles. The summed E-state index contributed by atoms with van der Waals surface area (Å²) in [5, 5.41) is 11.5. The molecule has 5 heteroatoms. The quantitative estimate of drug-likeness (QED) is 0.622. The van der Waals surface area contributed by atoms with Gasteiger partial charge in [0.1, 0.15) is 6.04 Å². The number of nitrogens with one attached hydrogen (secondary N) is 1. The summed E-state index contributed by atoms with van der Waals surface area (Å²) < 4.78 is 0. The van der Waals surface area contributed by atoms with E-state index >= 15 is 0 Å². The molecule has 0 radical (unpaired) electrons. The van der Waals surface area contributed by atoms with Gasteiger partial charge in [0.15, 0.2) is 0 Å². The topological polar surface area (TPSA) is 92.4 Å². The first-order chi connectivity index (χ1) is 7.79. The number of hydrogen-bond donors (Lipinski definition) is 3. The summed E-state index contributed by atoms with van der Waals surface area (Å²) in [5.41, 5.74) is 5.75. The van der Waals surface area contributed by atoms with Crippen LogP contribution in [0.5, 0.6) is 0 Å². The van der Waals surface area contributed by atoms with Crippen molar-refractivity contribution in [3.8, 4) is 0 Å². The van der Waals surface area contributed by atoms with Crippen molar-refractivity contribution in [2.24, 2.45) is 17.6 Å². The molecule has 0 aromatic carbocycles. The van der Waals surface area contributed by atoms with Crippen LogP contribution in [0.15, 0.2) is 0 Å². The highest BCUT2D eigenvalue weighted by Gasteiger charge is 2.26. The molecule has 0 rings (SSSR count). The summed E-state index contributed by atoms with van der Waals surface area (Å²) in [5.74, 6) is -1.14. The number of carbonyl (C=O) groups excluding carboxylic acids is 1. The Hall–Kier alpha value is -1.10. The minimum atomic E-state index is -1.01. The van der Waals surface area contributed by atoms with Crippen LogP contribution in [0.2, 0.25) is 0 Å². The Morgan fingerprint density at radius 3 is 2.18 bits per heavy atom. The third kappa shape index (κ3) is 5.68. The molecule has 0 heterocycles. The van der Waals surface area contributed by atoms with Gasteiger partial charge in [-0.15, -0.1) is 0 Å². The highest BCUT2D eigenvalue weighted by molar-refractivity contribution is 5.86. The van der Waals surface area contributed by atoms with Gasteiger partial charge in [-0.1, -0.05) is 34.1 Å². The Bertz CT molecular complexity index is 266. The van der Waals surface area contributed by atoms with Crippen LogP contribution in [-0.2, 0) is 9.59 Å². The Morgan fingerprint density at radius 1 is 1.29 bits per heavy atom. The predicted octanol–water partition coefficient (Wildman–Crippen LogP) is 0.975. The zero-order valence-corrected chi connectivity index (χ0v) is 11.1. The first kappa shape index (κ1) is 15.9. The van der Waals surface area contributed by atoms with Gasteiger partial charge in [0.25, 0.3) is 0 Å². The van der Waals surface area contributed by atoms with Gasteiger partial charge in [-0.3, -0.25) is 4.79 Å². The zero-order chi connectivity index (χ0) is 13.6. The van der Waals surface area contributed by atoms with Crippen LogP contribution >= 0.6 is 0 Å². The molecular formula is C12H24N2O3. The van der Waals surface area contributed by atoms with Gasteiger partial charge in [0, 0.05) is 0 Å². The van der Waals surface area contributed by atoms with Crippen LogP contribution in [0, 0.1) is 11.8 Å². The molecule has 3 atom stereocenters. The lowest BCUT2D eigenvalue weighted by Gasteiger charge is -2.22. The smallest absolute Gasteiger partial charge is 0.326 e. The molecule has 0 bridgehead atoms. The Kier molecular flexibility index (Phi) is 6.80. The standard InChI is InChI=1S/C12H24N2O3/c1-5-8(4)10(13)11(15)14-9(12(16)17)6-7(2)3/h7-10H,5-6,13H2,1-4H3,(H,14,15)(H,16,17)/t8?,9-,10-/m1/s1. The fourth-order valence-electron chi connectivity index (χ4n) is 1.47. The summed E-state index contributed by atoms with van der Waals surface area (Å²) >= 11 is 0. The van der Waals surface area contributed by atoms with Gasteiger partial charge in [0.05, 0.1) is 6.04 Å². The van der Waals surface area contributed by atoms with Crippen molar-refractivity contribution in [3.05, 3.63) is 0 Å². The second kappa shape index (κ2) is 7.27. The molecule has 0 aromatic rings. The lowest BCUT2D eigenvalue weighted by Crippen LogP contribution is -2.51. The van der Waals surface area contributed by atoms with Gasteiger partial charge in [-0.25, -0.2) is 4.79 Å². The molecule has 0 aliphatic rings. The molecule has 0 spiro atoms. The van der Waals surface area contributed by atoms with Crippen LogP contribution in [0.4, 0.5) is 0 Å². The van der Waals surface area contributed by atoms with Crippen molar-refractivity contribution in [1.82, 2.24) is 5.32 Å². The number of rotatable bonds is 7. The van der Waals surface area contributed by atoms with Crippen LogP contribution in [0.25, 0.3) is 0 Å². The summed E-state index contributed by atoms with van der Waals surface area (Å²) in [6, 6.07) is -1.49. The second-order valence-corrected chi connectivity index (χ2v) is 4.94. The average Bonchev–Trinajstić information content (AvgIpc) is 2.25. The van der Waals surface area contributed by atoms with Gasteiger partial charge in [-0.05, 0) is 18.3 Å². The second-order valence-electron chi connectivity index (χ2n) is 4.94. The highest BCUT2D eigenvalue weighted by Crippen LogP contribution is 2.08. The van der Waals surface area contributed by atoms with E-state index in [1.54, 1.807) is 0 Å². The monoisotopic (exact) mass is 244 g/mol. The van der Waals surface area contributed by atoms with Crippen LogP contribution in [0.3, 0.4) is 0 Å². The molecule has 0 saturated carbocycles. The third-order valence-corrected chi connectivity index (χ3v) is 2.88. The number of carbonyl (C=O) groups is 2. The first-order valence-electron chi connectivity index (χ1n) is 6.08. The Balaban J connectivity index is 4.45. The molecule has 1 amide bonds. The normalized spacial score (nSPS) is 16.4. The van der Waals surface area contributed by atoms with Gasteiger partial charge < -0.3 is 16.2 Å². The number of hydrogen-bond acceptors (Lipinski definition) is 3. The summed E-state index contributed by atoms with van der Waals surface area (Å²) in [4.78, 5) is 22.7. The largest absolute Gasteiger partial charge is 0.480 e. The Labute approximate surface area is 103 Å². The number of nitrogens with two attached hydrogens (primary N) is 1. The van der Waals surface area contributed by atoms with E-state index in [1.165, 1.54) is 0 Å². The van der Waals surface area contributed by atoms with Gasteiger partial charge in [-0.2, -0.15) is 0 Å². The minimum Gasteiger partial charge on any atom is -0.480 e.